The van der Waals surface area contributed by atoms with Crippen LogP contribution in [0.3, 0.4) is 0 Å². The van der Waals surface area contributed by atoms with Gasteiger partial charge in [-0.25, -0.2) is 0 Å². The predicted octanol–water partition coefficient (Wildman–Crippen LogP) is 1.97. The summed E-state index contributed by atoms with van der Waals surface area (Å²) in [5.41, 5.74) is 6.09. The van der Waals surface area contributed by atoms with Gasteiger partial charge in [-0.2, -0.15) is 0 Å². The number of carbonyl (C=O) groups excluding carboxylic acids is 2. The van der Waals surface area contributed by atoms with Crippen molar-refractivity contribution in [2.24, 2.45) is 23.5 Å². The van der Waals surface area contributed by atoms with Crippen LogP contribution in [-0.4, -0.2) is 167 Å². The second-order valence-electron chi connectivity index (χ2n) is 18.8. The van der Waals surface area contributed by atoms with Gasteiger partial charge < -0.3 is 80.5 Å². The van der Waals surface area contributed by atoms with Gasteiger partial charge in [0.05, 0.1) is 86.2 Å². The Balaban J connectivity index is 1.92. The molecule has 0 unspecified atom stereocenters. The molecule has 18 nitrogen and oxygen atoms in total. The van der Waals surface area contributed by atoms with Crippen molar-refractivity contribution in [2.75, 3.05) is 6.61 Å². The van der Waals surface area contributed by atoms with Crippen LogP contribution in [0.15, 0.2) is 85.1 Å². The smallest absolute Gasteiger partial charge is 0.314 e. The number of cyclic esters (lactones) is 1. The van der Waals surface area contributed by atoms with Gasteiger partial charge in [0.1, 0.15) is 18.1 Å². The summed E-state index contributed by atoms with van der Waals surface area (Å²) in [5.74, 6) is -5.87. The highest BCUT2D eigenvalue weighted by Gasteiger charge is 2.51. The van der Waals surface area contributed by atoms with Gasteiger partial charge >= 0.3 is 11.9 Å². The molecule has 0 radical (unpaired) electrons. The SMILES string of the molecule is CCCCOC(=O)[C@H]1[C@@H]2C[C@@H](O[C@@H]3O[C@H](C)[C@@H](O)[C@H](N)[C@@H]3O)/C=C/C=C/C=C/C=C/C=C/C=C/C=C/[C@H](C)[C@@H](O)[C@@H](C)[C@H](C)OC(=O)C[C@H](O)C[C@H](O)CC[C@@H](O)[C@H](O)C[C@H](O)C[C@](O)(C[C@@H]1O)O2. The average molecular weight is 980 g/mol. The fraction of sp³-hybridized carbons (Fsp3) is 0.686. The van der Waals surface area contributed by atoms with Crippen molar-refractivity contribution in [3.05, 3.63) is 85.1 Å². The average Bonchev–Trinajstić information content (AvgIpc) is 3.27. The van der Waals surface area contributed by atoms with Gasteiger partial charge in [0.25, 0.3) is 0 Å². The molecule has 2 saturated heterocycles. The third-order valence-electron chi connectivity index (χ3n) is 12.8. The number of carbonyl (C=O) groups is 2. The van der Waals surface area contributed by atoms with Crippen LogP contribution in [0.1, 0.15) is 98.8 Å². The monoisotopic (exact) mass is 980 g/mol. The summed E-state index contributed by atoms with van der Waals surface area (Å²) in [6.07, 6.45) is 5.89. The molecule has 2 bridgehead atoms. The molecule has 69 heavy (non-hydrogen) atoms. The van der Waals surface area contributed by atoms with Crippen molar-refractivity contribution >= 4 is 11.9 Å². The molecular formula is C51H81NO17. The minimum absolute atomic E-state index is 0.0593. The highest BCUT2D eigenvalue weighted by Crippen LogP contribution is 2.39. The molecule has 0 spiro atoms. The minimum Gasteiger partial charge on any atom is -0.465 e. The van der Waals surface area contributed by atoms with Crippen LogP contribution in [0.4, 0.5) is 0 Å². The maximum atomic E-state index is 13.6. The zero-order valence-electron chi connectivity index (χ0n) is 40.7. The van der Waals surface area contributed by atoms with E-state index in [9.17, 15) is 60.7 Å². The van der Waals surface area contributed by atoms with Crippen LogP contribution < -0.4 is 5.73 Å². The fourth-order valence-corrected chi connectivity index (χ4v) is 8.37. The number of hydrogen-bond acceptors (Lipinski definition) is 18. The molecule has 3 heterocycles. The zero-order chi connectivity index (χ0) is 51.3. The Bertz CT molecular complexity index is 1730. The van der Waals surface area contributed by atoms with Crippen LogP contribution in [-0.2, 0) is 33.3 Å². The van der Waals surface area contributed by atoms with Gasteiger partial charge in [-0.15, -0.1) is 0 Å². The molecule has 0 aliphatic carbocycles. The van der Waals surface area contributed by atoms with E-state index in [1.165, 1.54) is 0 Å². The molecule has 12 N–H and O–H groups in total. The second-order valence-corrected chi connectivity index (χ2v) is 18.8. The molecule has 392 valence electrons. The minimum atomic E-state index is -2.28. The zero-order valence-corrected chi connectivity index (χ0v) is 40.7. The van der Waals surface area contributed by atoms with Crippen molar-refractivity contribution in [2.45, 2.75) is 196 Å². The molecule has 0 aromatic carbocycles. The molecule has 0 amide bonds. The third-order valence-corrected chi connectivity index (χ3v) is 12.8. The Morgan fingerprint density at radius 1 is 0.696 bits per heavy atom. The molecule has 3 aliphatic heterocycles. The molecule has 3 aliphatic rings. The van der Waals surface area contributed by atoms with Crippen molar-refractivity contribution in [3.63, 3.8) is 0 Å². The van der Waals surface area contributed by atoms with Crippen molar-refractivity contribution in [3.8, 4) is 0 Å². The standard InChI is InChI=1S/C51H81NO17/c1-6-7-24-65-49(63)44-41(58)30-51(64)29-37(55)26-40(57)39(56)23-22-35(53)25-36(54)27-43(59)66-33(4)32(3)46(60)31(2)20-18-16-14-12-10-8-9-11-13-15-17-19-21-38(28-42(44)69-51)68-50-48(62)45(52)47(61)34(5)67-50/h8-21,31-42,44-48,50,53-58,60-62,64H,6-7,22-30,52H2,1-5H3/b9-8+,12-10+,13-11+,16-14+,17-15+,20-18+,21-19+/t31-,32-,33-,34+,35+,36+,37-,38-,39+,40+,41-,42-,44+,45-,46+,47+,48-,50-,51+/m0/s1. The summed E-state index contributed by atoms with van der Waals surface area (Å²) < 4.78 is 29.1. The number of rotatable bonds is 6. The lowest BCUT2D eigenvalue weighted by atomic mass is 9.82. The van der Waals surface area contributed by atoms with E-state index in [0.717, 1.165) is 6.42 Å². The first-order chi connectivity index (χ1) is 32.7. The molecule has 0 aromatic rings. The Kier molecular flexibility index (Phi) is 26.4. The first-order valence-corrected chi connectivity index (χ1v) is 24.3. The van der Waals surface area contributed by atoms with E-state index in [4.69, 9.17) is 29.4 Å². The topological polar surface area (TPSA) is 309 Å². The van der Waals surface area contributed by atoms with Crippen molar-refractivity contribution < 1.29 is 84.3 Å². The molecule has 0 aromatic heterocycles. The number of allylic oxidation sites excluding steroid dienone is 12. The van der Waals surface area contributed by atoms with Crippen molar-refractivity contribution in [1.29, 1.82) is 0 Å². The van der Waals surface area contributed by atoms with Crippen LogP contribution >= 0.6 is 0 Å². The Hall–Kier alpha value is -3.44. The quantitative estimate of drug-likeness (QED) is 0.134. The van der Waals surface area contributed by atoms with Gasteiger partial charge in [0.2, 0.25) is 0 Å². The van der Waals surface area contributed by atoms with Gasteiger partial charge in [-0.3, -0.25) is 9.59 Å². The number of esters is 2. The summed E-state index contributed by atoms with van der Waals surface area (Å²) in [5, 5.41) is 109. The predicted molar refractivity (Wildman–Crippen MR) is 255 cm³/mol. The van der Waals surface area contributed by atoms with Crippen LogP contribution in [0.25, 0.3) is 0 Å². The van der Waals surface area contributed by atoms with Gasteiger partial charge in [-0.05, 0) is 39.5 Å². The summed E-state index contributed by atoms with van der Waals surface area (Å²) in [6.45, 7) is 8.76. The lowest BCUT2D eigenvalue weighted by Gasteiger charge is -2.45. The summed E-state index contributed by atoms with van der Waals surface area (Å²) >= 11 is 0. The van der Waals surface area contributed by atoms with Crippen LogP contribution in [0.2, 0.25) is 0 Å². The maximum Gasteiger partial charge on any atom is 0.314 e. The second kappa shape index (κ2) is 30.4. The summed E-state index contributed by atoms with van der Waals surface area (Å²) in [4.78, 5) is 26.2. The summed E-state index contributed by atoms with van der Waals surface area (Å²) in [6, 6.07) is -1.13. The summed E-state index contributed by atoms with van der Waals surface area (Å²) in [7, 11) is 0. The molecule has 2 fully saturated rings. The first-order valence-electron chi connectivity index (χ1n) is 24.3. The number of aliphatic hydroxyl groups is 10. The molecule has 0 saturated carbocycles. The van der Waals surface area contributed by atoms with Crippen LogP contribution in [0.5, 0.6) is 0 Å². The van der Waals surface area contributed by atoms with E-state index in [1.807, 2.05) is 50.3 Å². The van der Waals surface area contributed by atoms with E-state index in [0.29, 0.717) is 6.42 Å². The lowest BCUT2D eigenvalue weighted by molar-refractivity contribution is -0.309. The van der Waals surface area contributed by atoms with E-state index >= 15 is 0 Å². The number of nitrogens with two attached hydrogens (primary N) is 1. The van der Waals surface area contributed by atoms with Gasteiger partial charge in [0, 0.05) is 37.5 Å². The highest BCUT2D eigenvalue weighted by molar-refractivity contribution is 5.74. The van der Waals surface area contributed by atoms with Crippen LogP contribution in [0, 0.1) is 17.8 Å². The van der Waals surface area contributed by atoms with Crippen molar-refractivity contribution in [1.82, 2.24) is 0 Å². The van der Waals surface area contributed by atoms with E-state index < -0.39 is 147 Å². The third kappa shape index (κ3) is 20.7. The van der Waals surface area contributed by atoms with Gasteiger partial charge in [-0.1, -0.05) is 112 Å². The fourth-order valence-electron chi connectivity index (χ4n) is 8.37. The lowest BCUT2D eigenvalue weighted by Crippen LogP contribution is -2.61. The number of hydrogen-bond donors (Lipinski definition) is 11. The molecular weight excluding hydrogens is 899 g/mol. The Morgan fingerprint density at radius 3 is 1.90 bits per heavy atom. The first kappa shape index (κ1) is 59.9. The molecule has 3 rings (SSSR count). The largest absolute Gasteiger partial charge is 0.465 e. The van der Waals surface area contributed by atoms with Gasteiger partial charge in [0.15, 0.2) is 12.1 Å². The molecule has 18 heteroatoms. The van der Waals surface area contributed by atoms with E-state index in [1.54, 1.807) is 69.4 Å². The normalized spacial score (nSPS) is 43.5. The molecule has 19 atom stereocenters. The number of ether oxygens (including phenoxy) is 5. The number of aliphatic hydroxyl groups excluding tert-OH is 9. The van der Waals surface area contributed by atoms with E-state index in [2.05, 4.69) is 0 Å². The van der Waals surface area contributed by atoms with E-state index in [-0.39, 0.29) is 38.2 Å². The Labute approximate surface area is 406 Å². The number of fused-ring (bicyclic) bond motifs is 2. The number of unbranched alkanes of at least 4 members (excludes halogenated alkanes) is 1. The Morgan fingerprint density at radius 2 is 1.29 bits per heavy atom. The maximum absolute atomic E-state index is 13.6. The highest BCUT2D eigenvalue weighted by atomic mass is 16.7.